The molecule has 0 saturated carbocycles. The van der Waals surface area contributed by atoms with Crippen LogP contribution >= 0.6 is 0 Å². The molecule has 1 heterocycles. The van der Waals surface area contributed by atoms with E-state index in [-0.39, 0.29) is 5.97 Å². The fraction of sp³-hybridized carbons (Fsp3) is 0.133. The summed E-state index contributed by atoms with van der Waals surface area (Å²) in [5, 5.41) is 10.3. The van der Waals surface area contributed by atoms with Gasteiger partial charge in [-0.3, -0.25) is 0 Å². The van der Waals surface area contributed by atoms with Gasteiger partial charge in [-0.15, -0.1) is 0 Å². The molecule has 2 aromatic carbocycles. The van der Waals surface area contributed by atoms with Crippen molar-refractivity contribution in [1.82, 2.24) is 0 Å². The molecule has 0 saturated heterocycles. The highest BCUT2D eigenvalue weighted by Gasteiger charge is 2.34. The maximum absolute atomic E-state index is 11.9. The Balaban J connectivity index is 2.05. The van der Waals surface area contributed by atoms with E-state index in [9.17, 15) is 9.90 Å². The number of fused-ring (bicyclic) bond motifs is 1. The molecule has 2 aromatic rings. The van der Waals surface area contributed by atoms with Crippen molar-refractivity contribution in [2.24, 2.45) is 0 Å². The van der Waals surface area contributed by atoms with Gasteiger partial charge in [0, 0.05) is 0 Å². The Bertz CT molecular complexity index is 577. The van der Waals surface area contributed by atoms with Crippen LogP contribution in [0.25, 0.3) is 0 Å². The highest BCUT2D eigenvalue weighted by Crippen LogP contribution is 2.38. The average molecular weight is 240 g/mol. The largest absolute Gasteiger partial charge is 0.451 e. The standard InChI is InChI=1S/C15H12O3/c16-13-11-8-4-5-9-12(11)15(17)18-14(13)10-6-2-1-3-7-10/h1-9,13-14,16H/t13-,14+/m1/s1. The van der Waals surface area contributed by atoms with Gasteiger partial charge in [-0.05, 0) is 17.2 Å². The van der Waals surface area contributed by atoms with E-state index in [1.807, 2.05) is 36.4 Å². The predicted molar refractivity (Wildman–Crippen MR) is 66.0 cm³/mol. The van der Waals surface area contributed by atoms with Crippen molar-refractivity contribution in [2.75, 3.05) is 0 Å². The number of carbonyl (C=O) groups excluding carboxylic acids is 1. The topological polar surface area (TPSA) is 46.5 Å². The van der Waals surface area contributed by atoms with E-state index < -0.39 is 12.2 Å². The van der Waals surface area contributed by atoms with Crippen LogP contribution < -0.4 is 0 Å². The lowest BCUT2D eigenvalue weighted by Crippen LogP contribution is -2.26. The van der Waals surface area contributed by atoms with Crippen LogP contribution in [-0.2, 0) is 4.74 Å². The Morgan fingerprint density at radius 3 is 2.39 bits per heavy atom. The third-order valence-electron chi connectivity index (χ3n) is 3.15. The molecular weight excluding hydrogens is 228 g/mol. The molecule has 1 aliphatic rings. The number of aliphatic hydroxyl groups is 1. The van der Waals surface area contributed by atoms with E-state index >= 15 is 0 Å². The highest BCUT2D eigenvalue weighted by atomic mass is 16.6. The summed E-state index contributed by atoms with van der Waals surface area (Å²) >= 11 is 0. The second kappa shape index (κ2) is 4.27. The van der Waals surface area contributed by atoms with Crippen molar-refractivity contribution < 1.29 is 14.6 Å². The molecule has 3 nitrogen and oxygen atoms in total. The van der Waals surface area contributed by atoms with Gasteiger partial charge < -0.3 is 9.84 Å². The molecule has 0 spiro atoms. The number of hydrogen-bond donors (Lipinski definition) is 1. The molecule has 2 atom stereocenters. The van der Waals surface area contributed by atoms with Gasteiger partial charge in [0.15, 0.2) is 6.10 Å². The number of ether oxygens (including phenoxy) is 1. The Kier molecular flexibility index (Phi) is 2.61. The van der Waals surface area contributed by atoms with Crippen LogP contribution in [0.3, 0.4) is 0 Å². The van der Waals surface area contributed by atoms with Crippen molar-refractivity contribution in [3.63, 3.8) is 0 Å². The van der Waals surface area contributed by atoms with E-state index in [4.69, 9.17) is 4.74 Å². The first kappa shape index (κ1) is 11.0. The first-order valence-corrected chi connectivity index (χ1v) is 5.80. The van der Waals surface area contributed by atoms with Crippen LogP contribution in [0.15, 0.2) is 54.6 Å². The number of carbonyl (C=O) groups is 1. The molecule has 1 aliphatic heterocycles. The number of cyclic esters (lactones) is 1. The Labute approximate surface area is 105 Å². The van der Waals surface area contributed by atoms with E-state index in [0.29, 0.717) is 11.1 Å². The van der Waals surface area contributed by atoms with Gasteiger partial charge in [0.1, 0.15) is 6.10 Å². The Hall–Kier alpha value is -2.13. The lowest BCUT2D eigenvalue weighted by atomic mass is 9.92. The fourth-order valence-electron chi connectivity index (χ4n) is 2.24. The first-order chi connectivity index (χ1) is 8.77. The summed E-state index contributed by atoms with van der Waals surface area (Å²) in [4.78, 5) is 11.9. The second-order valence-electron chi connectivity index (χ2n) is 4.27. The second-order valence-corrected chi connectivity index (χ2v) is 4.27. The Morgan fingerprint density at radius 2 is 1.61 bits per heavy atom. The molecule has 3 heteroatoms. The third-order valence-corrected chi connectivity index (χ3v) is 3.15. The summed E-state index contributed by atoms with van der Waals surface area (Å²) in [7, 11) is 0. The lowest BCUT2D eigenvalue weighted by Gasteiger charge is -2.29. The van der Waals surface area contributed by atoms with Crippen LogP contribution in [0.1, 0.15) is 33.7 Å². The van der Waals surface area contributed by atoms with E-state index in [1.54, 1.807) is 18.2 Å². The minimum absolute atomic E-state index is 0.384. The zero-order valence-corrected chi connectivity index (χ0v) is 9.61. The first-order valence-electron chi connectivity index (χ1n) is 5.80. The SMILES string of the molecule is O=C1O[C@@H](c2ccccc2)[C@H](O)c2ccccc21. The van der Waals surface area contributed by atoms with Crippen LogP contribution in [-0.4, -0.2) is 11.1 Å². The maximum atomic E-state index is 11.9. The van der Waals surface area contributed by atoms with Crippen molar-refractivity contribution in [3.05, 3.63) is 71.3 Å². The number of rotatable bonds is 1. The quantitative estimate of drug-likeness (QED) is 0.779. The summed E-state index contributed by atoms with van der Waals surface area (Å²) in [5.74, 6) is -0.384. The molecule has 1 N–H and O–H groups in total. The molecule has 18 heavy (non-hydrogen) atoms. The van der Waals surface area contributed by atoms with Crippen molar-refractivity contribution in [2.45, 2.75) is 12.2 Å². The highest BCUT2D eigenvalue weighted by molar-refractivity contribution is 5.92. The summed E-state index contributed by atoms with van der Waals surface area (Å²) in [6, 6.07) is 16.3. The van der Waals surface area contributed by atoms with E-state index in [2.05, 4.69) is 0 Å². The van der Waals surface area contributed by atoms with Crippen LogP contribution in [0.2, 0.25) is 0 Å². The fourth-order valence-corrected chi connectivity index (χ4v) is 2.24. The van der Waals surface area contributed by atoms with Gasteiger partial charge in [-0.25, -0.2) is 4.79 Å². The van der Waals surface area contributed by atoms with Gasteiger partial charge in [0.25, 0.3) is 0 Å². The van der Waals surface area contributed by atoms with Gasteiger partial charge in [-0.2, -0.15) is 0 Å². The van der Waals surface area contributed by atoms with Gasteiger partial charge in [0.2, 0.25) is 0 Å². The van der Waals surface area contributed by atoms with Crippen LogP contribution in [0.4, 0.5) is 0 Å². The number of hydrogen-bond acceptors (Lipinski definition) is 3. The molecule has 0 unspecified atom stereocenters. The summed E-state index contributed by atoms with van der Waals surface area (Å²) < 4.78 is 5.32. The van der Waals surface area contributed by atoms with Crippen molar-refractivity contribution >= 4 is 5.97 Å². The van der Waals surface area contributed by atoms with E-state index in [1.165, 1.54) is 0 Å². The number of benzene rings is 2. The molecular formula is C15H12O3. The van der Waals surface area contributed by atoms with Gasteiger partial charge in [0.05, 0.1) is 5.56 Å². The van der Waals surface area contributed by atoms with Gasteiger partial charge >= 0.3 is 5.97 Å². The molecule has 3 rings (SSSR count). The molecule has 0 bridgehead atoms. The summed E-state index contributed by atoms with van der Waals surface area (Å²) in [6.45, 7) is 0. The van der Waals surface area contributed by atoms with Gasteiger partial charge in [-0.1, -0.05) is 48.5 Å². The molecule has 0 fully saturated rings. The van der Waals surface area contributed by atoms with Crippen LogP contribution in [0, 0.1) is 0 Å². The predicted octanol–water partition coefficient (Wildman–Crippen LogP) is 2.63. The molecule has 0 aliphatic carbocycles. The zero-order chi connectivity index (χ0) is 12.5. The van der Waals surface area contributed by atoms with Crippen molar-refractivity contribution in [1.29, 1.82) is 0 Å². The smallest absolute Gasteiger partial charge is 0.339 e. The lowest BCUT2D eigenvalue weighted by molar-refractivity contribution is -0.0306. The minimum atomic E-state index is -0.818. The average Bonchev–Trinajstić information content (AvgIpc) is 2.44. The molecule has 90 valence electrons. The number of esters is 1. The summed E-state index contributed by atoms with van der Waals surface area (Å²) in [6.07, 6.45) is -1.45. The van der Waals surface area contributed by atoms with Crippen molar-refractivity contribution in [3.8, 4) is 0 Å². The number of aliphatic hydroxyl groups excluding tert-OH is 1. The monoisotopic (exact) mass is 240 g/mol. The zero-order valence-electron chi connectivity index (χ0n) is 9.61. The third kappa shape index (κ3) is 1.69. The molecule has 0 aromatic heterocycles. The summed E-state index contributed by atoms with van der Waals surface area (Å²) in [5.41, 5.74) is 1.87. The maximum Gasteiger partial charge on any atom is 0.339 e. The van der Waals surface area contributed by atoms with E-state index in [0.717, 1.165) is 5.56 Å². The Morgan fingerprint density at radius 1 is 0.944 bits per heavy atom. The molecule has 0 radical (unpaired) electrons. The normalized spacial score (nSPS) is 22.2. The van der Waals surface area contributed by atoms with Crippen LogP contribution in [0.5, 0.6) is 0 Å². The molecule has 0 amide bonds. The minimum Gasteiger partial charge on any atom is -0.451 e.